The van der Waals surface area contributed by atoms with Crippen molar-refractivity contribution in [1.29, 1.82) is 0 Å². The number of nitrogens with zero attached hydrogens (tertiary/aromatic N) is 2. The highest BCUT2D eigenvalue weighted by molar-refractivity contribution is 5.82. The van der Waals surface area contributed by atoms with E-state index in [1.165, 1.54) is 0 Å². The van der Waals surface area contributed by atoms with Gasteiger partial charge >= 0.3 is 12.1 Å². The lowest BCUT2D eigenvalue weighted by Crippen LogP contribution is -2.45. The molecule has 0 aromatic heterocycles. The Hall–Kier alpha value is -2.15. The molecule has 0 bridgehead atoms. The Morgan fingerprint density at radius 3 is 2.44 bits per heavy atom. The number of halogens is 1. The van der Waals surface area contributed by atoms with Gasteiger partial charge in [-0.25, -0.2) is 14.0 Å². The van der Waals surface area contributed by atoms with Crippen molar-refractivity contribution in [3.8, 4) is 0 Å². The first kappa shape index (κ1) is 21.2. The van der Waals surface area contributed by atoms with Crippen LogP contribution in [0.2, 0.25) is 0 Å². The van der Waals surface area contributed by atoms with Gasteiger partial charge in [0.2, 0.25) is 0 Å². The van der Waals surface area contributed by atoms with E-state index in [9.17, 15) is 9.59 Å². The molecule has 1 amide bonds. The first-order valence-electron chi connectivity index (χ1n) is 9.03. The molecular weight excluding hydrogens is 351 g/mol. The molecule has 2 rings (SSSR count). The fourth-order valence-corrected chi connectivity index (χ4v) is 3.17. The molecule has 2 atom stereocenters. The van der Waals surface area contributed by atoms with Crippen LogP contribution in [0.25, 0.3) is 0 Å². The van der Waals surface area contributed by atoms with E-state index in [2.05, 4.69) is 0 Å². The van der Waals surface area contributed by atoms with Crippen LogP contribution >= 0.6 is 0 Å². The van der Waals surface area contributed by atoms with Crippen LogP contribution in [-0.4, -0.2) is 66.4 Å². The third-order valence-electron chi connectivity index (χ3n) is 4.11. The van der Waals surface area contributed by atoms with Crippen LogP contribution in [0, 0.1) is 0 Å². The Bertz CT molecular complexity index is 660. The van der Waals surface area contributed by atoms with Crippen molar-refractivity contribution in [2.45, 2.75) is 51.1 Å². The number of ether oxygens (including phenoxy) is 2. The topological polar surface area (TPSA) is 59.1 Å². The lowest BCUT2D eigenvalue weighted by Gasteiger charge is -2.28. The Kier molecular flexibility index (Phi) is 6.46. The monoisotopic (exact) mass is 380 g/mol. The maximum Gasteiger partial charge on any atom is 0.411 e. The van der Waals surface area contributed by atoms with Crippen LogP contribution in [0.15, 0.2) is 30.3 Å². The summed E-state index contributed by atoms with van der Waals surface area (Å²) in [6.45, 7) is 5.16. The van der Waals surface area contributed by atoms with Crippen molar-refractivity contribution in [3.05, 3.63) is 35.9 Å². The predicted molar refractivity (Wildman–Crippen MR) is 100.0 cm³/mol. The smallest absolute Gasteiger partial charge is 0.411 e. The number of alkyl halides is 1. The maximum atomic E-state index is 15.3. The fourth-order valence-electron chi connectivity index (χ4n) is 3.17. The first-order valence-corrected chi connectivity index (χ1v) is 9.03. The third-order valence-corrected chi connectivity index (χ3v) is 4.11. The van der Waals surface area contributed by atoms with Gasteiger partial charge in [0.15, 0.2) is 0 Å². The van der Waals surface area contributed by atoms with E-state index in [0.717, 1.165) is 10.5 Å². The molecule has 0 unspecified atom stereocenters. The molecule has 1 heterocycles. The summed E-state index contributed by atoms with van der Waals surface area (Å²) in [5, 5.41) is 0. The lowest BCUT2D eigenvalue weighted by molar-refractivity contribution is -0.150. The summed E-state index contributed by atoms with van der Waals surface area (Å²) in [6, 6.07) is 8.21. The molecule has 1 fully saturated rings. The Labute approximate surface area is 160 Å². The number of hydrogen-bond donors (Lipinski definition) is 0. The fraction of sp³-hybridized carbons (Fsp3) is 0.600. The molecule has 1 saturated heterocycles. The van der Waals surface area contributed by atoms with Gasteiger partial charge in [-0.05, 0) is 40.4 Å². The van der Waals surface area contributed by atoms with Crippen molar-refractivity contribution in [3.63, 3.8) is 0 Å². The average Bonchev–Trinajstić information content (AvgIpc) is 2.89. The van der Waals surface area contributed by atoms with E-state index in [1.54, 1.807) is 39.8 Å². The van der Waals surface area contributed by atoms with E-state index < -0.39 is 29.4 Å². The molecule has 0 spiro atoms. The number of hydrogen-bond acceptors (Lipinski definition) is 5. The summed E-state index contributed by atoms with van der Waals surface area (Å²) in [4.78, 5) is 28.0. The number of esters is 1. The number of amides is 1. The summed E-state index contributed by atoms with van der Waals surface area (Å²) in [5.74, 6) is -0.622. The van der Waals surface area contributed by atoms with E-state index >= 15 is 4.39 Å². The van der Waals surface area contributed by atoms with Gasteiger partial charge in [-0.2, -0.15) is 0 Å². The van der Waals surface area contributed by atoms with Crippen molar-refractivity contribution in [2.24, 2.45) is 0 Å². The predicted octanol–water partition coefficient (Wildman–Crippen LogP) is 3.01. The van der Waals surface area contributed by atoms with Crippen LogP contribution in [0.5, 0.6) is 0 Å². The van der Waals surface area contributed by atoms with Crippen LogP contribution in [0.4, 0.5) is 9.18 Å². The van der Waals surface area contributed by atoms with E-state index in [-0.39, 0.29) is 26.1 Å². The molecule has 0 N–H and O–H groups in total. The summed E-state index contributed by atoms with van der Waals surface area (Å²) in [7, 11) is 3.50. The Morgan fingerprint density at radius 2 is 1.89 bits per heavy atom. The number of benzene rings is 1. The Balaban J connectivity index is 2.12. The molecule has 0 aliphatic carbocycles. The molecule has 27 heavy (non-hydrogen) atoms. The van der Waals surface area contributed by atoms with Crippen molar-refractivity contribution < 1.29 is 23.5 Å². The molecule has 0 saturated carbocycles. The molecule has 1 aromatic rings. The van der Waals surface area contributed by atoms with Crippen LogP contribution in [0.1, 0.15) is 32.8 Å². The molecule has 7 heteroatoms. The van der Waals surface area contributed by atoms with Gasteiger partial charge < -0.3 is 14.4 Å². The van der Waals surface area contributed by atoms with Gasteiger partial charge in [-0.1, -0.05) is 30.3 Å². The highest BCUT2D eigenvalue weighted by Crippen LogP contribution is 2.33. The largest absolute Gasteiger partial charge is 0.459 e. The SMILES string of the molecule is CN(C)C[C@@]1(F)C[C@@H](C(=O)OCc2ccccc2)N(C(=O)OC(C)(C)C)C1. The molecular formula is C20H29FN2O4. The minimum Gasteiger partial charge on any atom is -0.459 e. The molecule has 0 radical (unpaired) electrons. The second-order valence-electron chi connectivity index (χ2n) is 8.31. The van der Waals surface area contributed by atoms with Crippen molar-refractivity contribution in [1.82, 2.24) is 9.80 Å². The van der Waals surface area contributed by atoms with Crippen LogP contribution in [-0.2, 0) is 20.9 Å². The second-order valence-corrected chi connectivity index (χ2v) is 8.31. The first-order chi connectivity index (χ1) is 12.5. The van der Waals surface area contributed by atoms with Gasteiger partial charge in [-0.3, -0.25) is 4.90 Å². The highest BCUT2D eigenvalue weighted by atomic mass is 19.1. The van der Waals surface area contributed by atoms with Gasteiger partial charge in [-0.15, -0.1) is 0 Å². The standard InChI is InChI=1S/C20H29FN2O4/c1-19(2,3)27-18(25)23-14-20(21,13-22(4)5)11-16(23)17(24)26-12-15-9-7-6-8-10-15/h6-10,16H,11-14H2,1-5H3/t16-,20-/m0/s1. The number of likely N-dealkylation sites (tertiary alicyclic amines) is 1. The van der Waals surface area contributed by atoms with Crippen LogP contribution in [0.3, 0.4) is 0 Å². The third kappa shape index (κ3) is 6.20. The normalized spacial score (nSPS) is 22.8. The minimum atomic E-state index is -1.70. The Morgan fingerprint density at radius 1 is 1.26 bits per heavy atom. The van der Waals surface area contributed by atoms with Crippen molar-refractivity contribution in [2.75, 3.05) is 27.2 Å². The van der Waals surface area contributed by atoms with Crippen molar-refractivity contribution >= 4 is 12.1 Å². The lowest BCUT2D eigenvalue weighted by atomic mass is 10.0. The zero-order chi connectivity index (χ0) is 20.2. The highest BCUT2D eigenvalue weighted by Gasteiger charge is 2.51. The zero-order valence-corrected chi connectivity index (χ0v) is 16.7. The number of carbonyl (C=O) groups is 2. The van der Waals surface area contributed by atoms with Gasteiger partial charge in [0, 0.05) is 13.0 Å². The number of rotatable bonds is 5. The zero-order valence-electron chi connectivity index (χ0n) is 16.7. The summed E-state index contributed by atoms with van der Waals surface area (Å²) >= 11 is 0. The van der Waals surface area contributed by atoms with E-state index in [0.29, 0.717) is 0 Å². The quantitative estimate of drug-likeness (QED) is 0.735. The summed E-state index contributed by atoms with van der Waals surface area (Å²) in [5.41, 5.74) is -1.61. The van der Waals surface area contributed by atoms with Gasteiger partial charge in [0.25, 0.3) is 0 Å². The summed E-state index contributed by atoms with van der Waals surface area (Å²) in [6.07, 6.45) is -0.819. The van der Waals surface area contributed by atoms with Gasteiger partial charge in [0.05, 0.1) is 6.54 Å². The minimum absolute atomic E-state index is 0.0747. The molecule has 150 valence electrons. The molecule has 1 aliphatic rings. The number of carbonyl (C=O) groups excluding carboxylic acids is 2. The summed E-state index contributed by atoms with van der Waals surface area (Å²) < 4.78 is 26.0. The average molecular weight is 380 g/mol. The maximum absolute atomic E-state index is 15.3. The molecule has 6 nitrogen and oxygen atoms in total. The molecule has 1 aliphatic heterocycles. The van der Waals surface area contributed by atoms with Crippen LogP contribution < -0.4 is 0 Å². The van der Waals surface area contributed by atoms with E-state index in [4.69, 9.17) is 9.47 Å². The van der Waals surface area contributed by atoms with E-state index in [1.807, 2.05) is 30.3 Å². The second kappa shape index (κ2) is 8.25. The van der Waals surface area contributed by atoms with Gasteiger partial charge in [0.1, 0.15) is 23.9 Å². The molecule has 1 aromatic carbocycles.